The molecule has 2 aromatic carbocycles. The molecule has 0 fully saturated rings. The minimum Gasteiger partial charge on any atom is -0.334 e. The van der Waals surface area contributed by atoms with Gasteiger partial charge >= 0.3 is 6.03 Å². The average Bonchev–Trinajstić information content (AvgIpc) is 2.48. The molecule has 0 aliphatic heterocycles. The molecular formula is C17H17ClN2O. The number of carbonyl (C=O) groups excluding carboxylic acids is 1. The zero-order chi connectivity index (χ0) is 15.1. The summed E-state index contributed by atoms with van der Waals surface area (Å²) in [5, 5.41) is 6.06. The van der Waals surface area contributed by atoms with Gasteiger partial charge in [-0.25, -0.2) is 4.79 Å². The largest absolute Gasteiger partial charge is 0.334 e. The fourth-order valence-corrected chi connectivity index (χ4v) is 1.96. The molecule has 2 aromatic rings. The third-order valence-electron chi connectivity index (χ3n) is 2.96. The molecule has 3 nitrogen and oxygen atoms in total. The van der Waals surface area contributed by atoms with Crippen LogP contribution in [0.2, 0.25) is 5.02 Å². The Balaban J connectivity index is 1.80. The summed E-state index contributed by atoms with van der Waals surface area (Å²) in [6, 6.07) is 15.2. The van der Waals surface area contributed by atoms with Crippen LogP contribution in [0.4, 0.5) is 4.79 Å². The first-order valence-corrected chi connectivity index (χ1v) is 7.04. The van der Waals surface area contributed by atoms with Gasteiger partial charge in [-0.15, -0.1) is 0 Å². The molecule has 2 amide bonds. The predicted molar refractivity (Wildman–Crippen MR) is 87.0 cm³/mol. The number of hydrogen-bond donors (Lipinski definition) is 2. The Morgan fingerprint density at radius 3 is 2.57 bits per heavy atom. The second-order valence-corrected chi connectivity index (χ2v) is 5.07. The first-order valence-electron chi connectivity index (χ1n) is 6.66. The van der Waals surface area contributed by atoms with Crippen LogP contribution in [0.5, 0.6) is 0 Å². The highest BCUT2D eigenvalue weighted by molar-refractivity contribution is 6.31. The van der Waals surface area contributed by atoms with Crippen molar-refractivity contribution in [3.63, 3.8) is 0 Å². The van der Waals surface area contributed by atoms with Gasteiger partial charge in [-0.2, -0.15) is 0 Å². The van der Waals surface area contributed by atoms with Crippen LogP contribution in [-0.4, -0.2) is 6.03 Å². The second kappa shape index (κ2) is 7.50. The molecule has 0 heterocycles. The van der Waals surface area contributed by atoms with Crippen LogP contribution in [0.1, 0.15) is 16.7 Å². The maximum absolute atomic E-state index is 11.7. The molecule has 0 unspecified atom stereocenters. The normalized spacial score (nSPS) is 10.6. The summed E-state index contributed by atoms with van der Waals surface area (Å²) in [4.78, 5) is 11.7. The molecule has 0 aromatic heterocycles. The highest BCUT2D eigenvalue weighted by Crippen LogP contribution is 2.14. The number of rotatable bonds is 4. The molecule has 0 atom stereocenters. The number of hydrogen-bond acceptors (Lipinski definition) is 1. The highest BCUT2D eigenvalue weighted by atomic mass is 35.5. The third kappa shape index (κ3) is 4.97. The van der Waals surface area contributed by atoms with Crippen molar-refractivity contribution in [2.75, 3.05) is 0 Å². The van der Waals surface area contributed by atoms with Crippen molar-refractivity contribution in [2.45, 2.75) is 13.5 Å². The smallest absolute Gasteiger partial charge is 0.319 e. The van der Waals surface area contributed by atoms with Gasteiger partial charge in [-0.3, -0.25) is 0 Å². The first-order chi connectivity index (χ1) is 10.1. The van der Waals surface area contributed by atoms with Crippen LogP contribution in [0.25, 0.3) is 6.08 Å². The van der Waals surface area contributed by atoms with Crippen molar-refractivity contribution in [3.8, 4) is 0 Å². The fourth-order valence-electron chi connectivity index (χ4n) is 1.76. The van der Waals surface area contributed by atoms with Crippen LogP contribution in [0, 0.1) is 6.92 Å². The maximum atomic E-state index is 11.7. The number of benzene rings is 2. The molecular weight excluding hydrogens is 284 g/mol. The Morgan fingerprint density at radius 1 is 1.14 bits per heavy atom. The fraction of sp³-hybridized carbons (Fsp3) is 0.118. The van der Waals surface area contributed by atoms with Gasteiger partial charge in [-0.1, -0.05) is 59.6 Å². The Labute approximate surface area is 129 Å². The molecule has 0 saturated carbocycles. The van der Waals surface area contributed by atoms with Gasteiger partial charge in [0, 0.05) is 17.8 Å². The van der Waals surface area contributed by atoms with Crippen molar-refractivity contribution >= 4 is 23.7 Å². The zero-order valence-electron chi connectivity index (χ0n) is 11.8. The van der Waals surface area contributed by atoms with E-state index in [9.17, 15) is 4.79 Å². The molecule has 0 radical (unpaired) electrons. The molecule has 0 aliphatic carbocycles. The van der Waals surface area contributed by atoms with Crippen LogP contribution < -0.4 is 10.6 Å². The van der Waals surface area contributed by atoms with Crippen LogP contribution in [0.3, 0.4) is 0 Å². The summed E-state index contributed by atoms with van der Waals surface area (Å²) in [5.74, 6) is 0. The standard InChI is InChI=1S/C17H17ClN2O/c1-13-6-8-14(9-7-13)10-11-19-17(21)20-12-15-4-2-3-5-16(15)18/h2-11H,12H2,1H3,(H2,19,20,21)/b11-10+. The molecule has 0 saturated heterocycles. The van der Waals surface area contributed by atoms with Gasteiger partial charge in [0.2, 0.25) is 0 Å². The Bertz CT molecular complexity index is 635. The van der Waals surface area contributed by atoms with Gasteiger partial charge < -0.3 is 10.6 Å². The summed E-state index contributed by atoms with van der Waals surface area (Å²) in [5.41, 5.74) is 3.13. The van der Waals surface area contributed by atoms with Crippen molar-refractivity contribution in [1.82, 2.24) is 10.6 Å². The lowest BCUT2D eigenvalue weighted by molar-refractivity contribution is 0.244. The molecule has 0 aliphatic rings. The van der Waals surface area contributed by atoms with E-state index in [1.165, 1.54) is 5.56 Å². The average molecular weight is 301 g/mol. The predicted octanol–water partition coefficient (Wildman–Crippen LogP) is 4.12. The van der Waals surface area contributed by atoms with Crippen LogP contribution in [0.15, 0.2) is 54.7 Å². The van der Waals surface area contributed by atoms with Gasteiger partial charge in [0.05, 0.1) is 0 Å². The quantitative estimate of drug-likeness (QED) is 0.876. The van der Waals surface area contributed by atoms with Gasteiger partial charge in [0.1, 0.15) is 0 Å². The van der Waals surface area contributed by atoms with Crippen molar-refractivity contribution in [3.05, 3.63) is 76.4 Å². The van der Waals surface area contributed by atoms with E-state index in [0.29, 0.717) is 11.6 Å². The molecule has 2 N–H and O–H groups in total. The van der Waals surface area contributed by atoms with Crippen LogP contribution in [-0.2, 0) is 6.54 Å². The van der Waals surface area contributed by atoms with E-state index in [2.05, 4.69) is 10.6 Å². The van der Waals surface area contributed by atoms with Crippen molar-refractivity contribution in [1.29, 1.82) is 0 Å². The topological polar surface area (TPSA) is 41.1 Å². The highest BCUT2D eigenvalue weighted by Gasteiger charge is 2.01. The number of urea groups is 1. The summed E-state index contributed by atoms with van der Waals surface area (Å²) in [6.45, 7) is 2.43. The monoisotopic (exact) mass is 300 g/mol. The molecule has 0 spiro atoms. The number of halogens is 1. The van der Waals surface area contributed by atoms with Crippen molar-refractivity contribution in [2.24, 2.45) is 0 Å². The van der Waals surface area contributed by atoms with E-state index in [0.717, 1.165) is 11.1 Å². The van der Waals surface area contributed by atoms with Gasteiger partial charge in [0.25, 0.3) is 0 Å². The molecule has 4 heteroatoms. The zero-order valence-corrected chi connectivity index (χ0v) is 12.5. The van der Waals surface area contributed by atoms with E-state index >= 15 is 0 Å². The third-order valence-corrected chi connectivity index (χ3v) is 3.33. The van der Waals surface area contributed by atoms with Gasteiger partial charge in [-0.05, 0) is 30.2 Å². The lowest BCUT2D eigenvalue weighted by Crippen LogP contribution is -2.31. The maximum Gasteiger partial charge on any atom is 0.319 e. The van der Waals surface area contributed by atoms with E-state index in [1.807, 2.05) is 55.5 Å². The summed E-state index contributed by atoms with van der Waals surface area (Å²) < 4.78 is 0. The van der Waals surface area contributed by atoms with Gasteiger partial charge in [0.15, 0.2) is 0 Å². The van der Waals surface area contributed by atoms with E-state index in [-0.39, 0.29) is 6.03 Å². The lowest BCUT2D eigenvalue weighted by Gasteiger charge is -2.06. The number of nitrogens with one attached hydrogen (secondary N) is 2. The first kappa shape index (κ1) is 15.1. The minimum atomic E-state index is -0.265. The number of aryl methyl sites for hydroxylation is 1. The summed E-state index contributed by atoms with van der Waals surface area (Å²) >= 11 is 6.02. The van der Waals surface area contributed by atoms with E-state index in [1.54, 1.807) is 12.3 Å². The second-order valence-electron chi connectivity index (χ2n) is 4.66. The molecule has 108 valence electrons. The molecule has 0 bridgehead atoms. The molecule has 21 heavy (non-hydrogen) atoms. The Hall–Kier alpha value is -2.26. The van der Waals surface area contributed by atoms with Crippen molar-refractivity contribution < 1.29 is 4.79 Å². The molecule has 2 rings (SSSR count). The Kier molecular flexibility index (Phi) is 5.41. The van der Waals surface area contributed by atoms with E-state index in [4.69, 9.17) is 11.6 Å². The summed E-state index contributed by atoms with van der Waals surface area (Å²) in [7, 11) is 0. The number of amides is 2. The Morgan fingerprint density at radius 2 is 1.86 bits per heavy atom. The minimum absolute atomic E-state index is 0.265. The summed E-state index contributed by atoms with van der Waals surface area (Å²) in [6.07, 6.45) is 3.46. The lowest BCUT2D eigenvalue weighted by atomic mass is 10.1. The van der Waals surface area contributed by atoms with Crippen LogP contribution >= 0.6 is 11.6 Å². The SMILES string of the molecule is Cc1ccc(/C=C/NC(=O)NCc2ccccc2Cl)cc1. The number of carbonyl (C=O) groups is 1. The van der Waals surface area contributed by atoms with E-state index < -0.39 is 0 Å².